The van der Waals surface area contributed by atoms with Crippen LogP contribution in [0.4, 0.5) is 0 Å². The van der Waals surface area contributed by atoms with E-state index in [4.69, 9.17) is 9.47 Å². The maximum atomic E-state index is 12.4. The Morgan fingerprint density at radius 2 is 1.91 bits per heavy atom. The average molecular weight is 339 g/mol. The zero-order valence-electron chi connectivity index (χ0n) is 13.7. The standard InChI is InChI=1S/C15H21N3O4S/c1-5-18-10-12(11(2)17-18)9-16-23(19,20)13-6-7-14(21-3)15(8-13)22-4/h6-8,10,16H,5,9H2,1-4H3. The van der Waals surface area contributed by atoms with Gasteiger partial charge in [0.25, 0.3) is 0 Å². The third-order valence-corrected chi connectivity index (χ3v) is 4.89. The van der Waals surface area contributed by atoms with Crippen molar-refractivity contribution >= 4 is 10.0 Å². The van der Waals surface area contributed by atoms with Crippen LogP contribution in [0.15, 0.2) is 29.3 Å². The van der Waals surface area contributed by atoms with Crippen LogP contribution in [0.25, 0.3) is 0 Å². The van der Waals surface area contributed by atoms with E-state index in [1.165, 1.54) is 26.4 Å². The Morgan fingerprint density at radius 1 is 1.22 bits per heavy atom. The molecular weight excluding hydrogens is 318 g/mol. The molecule has 0 fully saturated rings. The summed E-state index contributed by atoms with van der Waals surface area (Å²) in [5, 5.41) is 4.30. The lowest BCUT2D eigenvalue weighted by molar-refractivity contribution is 0.354. The Hall–Kier alpha value is -2.06. The fourth-order valence-corrected chi connectivity index (χ4v) is 3.16. The lowest BCUT2D eigenvalue weighted by atomic mass is 10.3. The molecule has 0 aliphatic rings. The van der Waals surface area contributed by atoms with E-state index in [2.05, 4.69) is 9.82 Å². The van der Waals surface area contributed by atoms with E-state index in [-0.39, 0.29) is 11.4 Å². The van der Waals surface area contributed by atoms with Gasteiger partial charge in [-0.15, -0.1) is 0 Å². The predicted molar refractivity (Wildman–Crippen MR) is 86.2 cm³/mol. The number of hydrogen-bond donors (Lipinski definition) is 1. The second-order valence-corrected chi connectivity index (χ2v) is 6.70. The van der Waals surface area contributed by atoms with E-state index in [1.54, 1.807) is 10.7 Å². The quantitative estimate of drug-likeness (QED) is 0.830. The summed E-state index contributed by atoms with van der Waals surface area (Å²) in [7, 11) is -0.692. The van der Waals surface area contributed by atoms with Gasteiger partial charge in [-0.3, -0.25) is 4.68 Å². The summed E-state index contributed by atoms with van der Waals surface area (Å²) in [5.41, 5.74) is 1.65. The number of rotatable bonds is 7. The molecule has 0 bridgehead atoms. The molecule has 0 aliphatic carbocycles. The van der Waals surface area contributed by atoms with E-state index in [0.717, 1.165) is 17.8 Å². The predicted octanol–water partition coefficient (Wildman–Crippen LogP) is 1.71. The third kappa shape index (κ3) is 3.83. The highest BCUT2D eigenvalue weighted by atomic mass is 32.2. The number of aromatic nitrogens is 2. The number of ether oxygens (including phenoxy) is 2. The first-order valence-electron chi connectivity index (χ1n) is 7.16. The van der Waals surface area contributed by atoms with Crippen molar-refractivity contribution in [2.24, 2.45) is 0 Å². The fourth-order valence-electron chi connectivity index (χ4n) is 2.13. The highest BCUT2D eigenvalue weighted by molar-refractivity contribution is 7.89. The Labute approximate surface area is 136 Å². The second-order valence-electron chi connectivity index (χ2n) is 4.94. The summed E-state index contributed by atoms with van der Waals surface area (Å²) >= 11 is 0. The minimum Gasteiger partial charge on any atom is -0.493 e. The molecule has 0 unspecified atom stereocenters. The van der Waals surface area contributed by atoms with Gasteiger partial charge in [0.05, 0.1) is 24.8 Å². The zero-order valence-corrected chi connectivity index (χ0v) is 14.5. The van der Waals surface area contributed by atoms with Crippen molar-refractivity contribution in [3.63, 3.8) is 0 Å². The molecule has 1 N–H and O–H groups in total. The maximum absolute atomic E-state index is 12.4. The van der Waals surface area contributed by atoms with E-state index in [9.17, 15) is 8.42 Å². The lowest BCUT2D eigenvalue weighted by Gasteiger charge is -2.10. The van der Waals surface area contributed by atoms with Crippen molar-refractivity contribution in [2.75, 3.05) is 14.2 Å². The van der Waals surface area contributed by atoms with Crippen LogP contribution in [0.3, 0.4) is 0 Å². The number of sulfonamides is 1. The number of nitrogens with one attached hydrogen (secondary N) is 1. The van der Waals surface area contributed by atoms with Crippen LogP contribution in [0.5, 0.6) is 11.5 Å². The highest BCUT2D eigenvalue weighted by Crippen LogP contribution is 2.29. The van der Waals surface area contributed by atoms with Crippen molar-refractivity contribution in [1.29, 1.82) is 0 Å². The summed E-state index contributed by atoms with van der Waals surface area (Å²) < 4.78 is 39.5. The van der Waals surface area contributed by atoms with E-state index in [1.807, 2.05) is 20.0 Å². The number of benzene rings is 1. The second kappa shape index (κ2) is 7.01. The number of nitrogens with zero attached hydrogens (tertiary/aromatic N) is 2. The normalized spacial score (nSPS) is 11.5. The molecule has 0 atom stereocenters. The molecule has 0 saturated heterocycles. The summed E-state index contributed by atoms with van der Waals surface area (Å²) in [6, 6.07) is 4.48. The lowest BCUT2D eigenvalue weighted by Crippen LogP contribution is -2.23. The molecule has 0 spiro atoms. The van der Waals surface area contributed by atoms with Crippen LogP contribution in [0.1, 0.15) is 18.2 Å². The van der Waals surface area contributed by atoms with Crippen molar-refractivity contribution in [3.05, 3.63) is 35.7 Å². The van der Waals surface area contributed by atoms with Gasteiger partial charge in [0, 0.05) is 30.9 Å². The number of methoxy groups -OCH3 is 2. The zero-order chi connectivity index (χ0) is 17.0. The minimum atomic E-state index is -3.65. The Morgan fingerprint density at radius 3 is 2.48 bits per heavy atom. The monoisotopic (exact) mass is 339 g/mol. The molecule has 7 nitrogen and oxygen atoms in total. The largest absolute Gasteiger partial charge is 0.493 e. The molecule has 0 radical (unpaired) electrons. The Balaban J connectivity index is 2.20. The van der Waals surface area contributed by atoms with Gasteiger partial charge in [0.2, 0.25) is 10.0 Å². The first-order chi connectivity index (χ1) is 10.9. The topological polar surface area (TPSA) is 82.5 Å². The summed E-state index contributed by atoms with van der Waals surface area (Å²) in [5.74, 6) is 0.844. The molecule has 1 heterocycles. The first kappa shape index (κ1) is 17.3. The van der Waals surface area contributed by atoms with Crippen LogP contribution in [-0.4, -0.2) is 32.4 Å². The van der Waals surface area contributed by atoms with Gasteiger partial charge >= 0.3 is 0 Å². The Bertz CT molecular complexity index is 784. The molecule has 1 aromatic heterocycles. The van der Waals surface area contributed by atoms with Crippen LogP contribution < -0.4 is 14.2 Å². The molecule has 126 valence electrons. The van der Waals surface area contributed by atoms with Gasteiger partial charge < -0.3 is 9.47 Å². The smallest absolute Gasteiger partial charge is 0.241 e. The van der Waals surface area contributed by atoms with Crippen molar-refractivity contribution in [2.45, 2.75) is 31.8 Å². The van der Waals surface area contributed by atoms with E-state index >= 15 is 0 Å². The summed E-state index contributed by atoms with van der Waals surface area (Å²) in [6.07, 6.45) is 1.84. The molecule has 0 saturated carbocycles. The molecule has 0 amide bonds. The van der Waals surface area contributed by atoms with Gasteiger partial charge in [-0.2, -0.15) is 5.10 Å². The van der Waals surface area contributed by atoms with E-state index in [0.29, 0.717) is 11.5 Å². The van der Waals surface area contributed by atoms with Gasteiger partial charge in [-0.25, -0.2) is 13.1 Å². The molecule has 8 heteroatoms. The molecule has 2 aromatic rings. The first-order valence-corrected chi connectivity index (χ1v) is 8.64. The Kier molecular flexibility index (Phi) is 5.27. The van der Waals surface area contributed by atoms with Gasteiger partial charge in [-0.05, 0) is 26.0 Å². The minimum absolute atomic E-state index is 0.121. The SMILES string of the molecule is CCn1cc(CNS(=O)(=O)c2ccc(OC)c(OC)c2)c(C)n1. The summed E-state index contributed by atoms with van der Waals surface area (Å²) in [6.45, 7) is 4.75. The van der Waals surface area contributed by atoms with Gasteiger partial charge in [0.15, 0.2) is 11.5 Å². The molecule has 23 heavy (non-hydrogen) atoms. The third-order valence-electron chi connectivity index (χ3n) is 3.49. The van der Waals surface area contributed by atoms with Crippen LogP contribution in [0.2, 0.25) is 0 Å². The average Bonchev–Trinajstić information content (AvgIpc) is 2.92. The van der Waals surface area contributed by atoms with Gasteiger partial charge in [-0.1, -0.05) is 0 Å². The van der Waals surface area contributed by atoms with Crippen LogP contribution in [-0.2, 0) is 23.1 Å². The maximum Gasteiger partial charge on any atom is 0.241 e. The number of aryl methyl sites for hydroxylation is 2. The highest BCUT2D eigenvalue weighted by Gasteiger charge is 2.17. The fraction of sp³-hybridized carbons (Fsp3) is 0.400. The van der Waals surface area contributed by atoms with Crippen molar-refractivity contribution in [1.82, 2.24) is 14.5 Å². The van der Waals surface area contributed by atoms with E-state index < -0.39 is 10.0 Å². The van der Waals surface area contributed by atoms with Crippen molar-refractivity contribution < 1.29 is 17.9 Å². The van der Waals surface area contributed by atoms with Crippen LogP contribution >= 0.6 is 0 Å². The van der Waals surface area contributed by atoms with Crippen LogP contribution in [0, 0.1) is 6.92 Å². The molecular formula is C15H21N3O4S. The molecule has 1 aromatic carbocycles. The molecule has 2 rings (SSSR count). The molecule has 0 aliphatic heterocycles. The number of hydrogen-bond acceptors (Lipinski definition) is 5. The van der Waals surface area contributed by atoms with Crippen molar-refractivity contribution in [3.8, 4) is 11.5 Å². The summed E-state index contributed by atoms with van der Waals surface area (Å²) in [4.78, 5) is 0.121. The van der Waals surface area contributed by atoms with Gasteiger partial charge in [0.1, 0.15) is 0 Å².